The van der Waals surface area contributed by atoms with Gasteiger partial charge in [0.1, 0.15) is 23.7 Å². The minimum Gasteiger partial charge on any atom is -0.507 e. The van der Waals surface area contributed by atoms with Gasteiger partial charge in [0.15, 0.2) is 0 Å². The van der Waals surface area contributed by atoms with Gasteiger partial charge in [-0.15, -0.1) is 0 Å². The summed E-state index contributed by atoms with van der Waals surface area (Å²) in [6.45, 7) is 2.15. The van der Waals surface area contributed by atoms with Gasteiger partial charge in [-0.25, -0.2) is 4.79 Å². The molecule has 5 nitrogen and oxygen atoms in total. The van der Waals surface area contributed by atoms with Gasteiger partial charge in [-0.2, -0.15) is 0 Å². The number of carboxylic acid groups (broad SMARTS) is 1. The third-order valence-corrected chi connectivity index (χ3v) is 4.04. The summed E-state index contributed by atoms with van der Waals surface area (Å²) in [5, 5.41) is 19.3. The van der Waals surface area contributed by atoms with E-state index in [4.69, 9.17) is 9.84 Å². The molecule has 2 N–H and O–H groups in total. The Morgan fingerprint density at radius 2 is 1.87 bits per heavy atom. The minimum atomic E-state index is -1.03. The second-order valence-corrected chi connectivity index (χ2v) is 5.60. The monoisotopic (exact) mass is 313 g/mol. The number of phenols is 1. The number of aromatic carboxylic acids is 1. The molecular formula is C18H19NO4. The maximum Gasteiger partial charge on any atom is 0.339 e. The summed E-state index contributed by atoms with van der Waals surface area (Å²) in [4.78, 5) is 13.4. The lowest BCUT2D eigenvalue weighted by molar-refractivity contribution is 0.0692. The zero-order valence-electron chi connectivity index (χ0n) is 12.7. The number of anilines is 1. The van der Waals surface area contributed by atoms with Crippen LogP contribution in [-0.4, -0.2) is 29.3 Å². The number of para-hydroxylation sites is 1. The van der Waals surface area contributed by atoms with Crippen LogP contribution in [-0.2, 0) is 6.61 Å². The zero-order valence-corrected chi connectivity index (χ0v) is 12.7. The average molecular weight is 313 g/mol. The fourth-order valence-corrected chi connectivity index (χ4v) is 2.77. The first-order valence-corrected chi connectivity index (χ1v) is 7.67. The van der Waals surface area contributed by atoms with E-state index in [1.54, 1.807) is 24.3 Å². The number of carboxylic acids is 1. The molecule has 0 aliphatic carbocycles. The number of carbonyl (C=O) groups is 1. The number of rotatable bonds is 5. The molecule has 1 aliphatic rings. The van der Waals surface area contributed by atoms with Crippen LogP contribution in [0.4, 0.5) is 5.69 Å². The molecule has 0 bridgehead atoms. The second-order valence-electron chi connectivity index (χ2n) is 5.60. The highest BCUT2D eigenvalue weighted by Crippen LogP contribution is 2.28. The van der Waals surface area contributed by atoms with E-state index < -0.39 is 5.97 Å². The Labute approximate surface area is 134 Å². The third kappa shape index (κ3) is 3.39. The molecule has 2 aromatic carbocycles. The topological polar surface area (TPSA) is 70.0 Å². The van der Waals surface area contributed by atoms with Gasteiger partial charge in [0.2, 0.25) is 0 Å². The summed E-state index contributed by atoms with van der Waals surface area (Å²) in [5.41, 5.74) is 1.75. The number of hydrogen-bond donors (Lipinski definition) is 2. The maximum atomic E-state index is 11.2. The summed E-state index contributed by atoms with van der Waals surface area (Å²) in [5.74, 6) is -0.570. The first kappa shape index (κ1) is 15.2. The molecular weight excluding hydrogens is 294 g/mol. The molecule has 0 aromatic heterocycles. The predicted octanol–water partition coefficient (Wildman–Crippen LogP) is 3.27. The van der Waals surface area contributed by atoms with E-state index in [9.17, 15) is 9.90 Å². The van der Waals surface area contributed by atoms with E-state index in [1.165, 1.54) is 18.9 Å². The van der Waals surface area contributed by atoms with Gasteiger partial charge < -0.3 is 19.8 Å². The molecule has 1 fully saturated rings. The molecule has 0 spiro atoms. The van der Waals surface area contributed by atoms with E-state index in [-0.39, 0.29) is 17.9 Å². The van der Waals surface area contributed by atoms with E-state index in [0.29, 0.717) is 11.3 Å². The first-order valence-electron chi connectivity index (χ1n) is 7.67. The van der Waals surface area contributed by atoms with E-state index in [0.717, 1.165) is 18.8 Å². The van der Waals surface area contributed by atoms with Crippen molar-refractivity contribution in [3.63, 3.8) is 0 Å². The summed E-state index contributed by atoms with van der Waals surface area (Å²) in [6, 6.07) is 12.0. The minimum absolute atomic E-state index is 0.112. The first-order chi connectivity index (χ1) is 11.1. The lowest BCUT2D eigenvalue weighted by atomic mass is 10.1. The van der Waals surface area contributed by atoms with Gasteiger partial charge in [0, 0.05) is 30.4 Å². The number of phenolic OH excluding ortho intramolecular Hbond substituents is 1. The van der Waals surface area contributed by atoms with Gasteiger partial charge in [0.25, 0.3) is 0 Å². The maximum absolute atomic E-state index is 11.2. The molecule has 120 valence electrons. The SMILES string of the molecule is O=C(O)c1ccccc1OCc1ccc(N2CCCC2)cc1O. The lowest BCUT2D eigenvalue weighted by Crippen LogP contribution is -2.17. The molecule has 1 aliphatic heterocycles. The highest BCUT2D eigenvalue weighted by atomic mass is 16.5. The Morgan fingerprint density at radius 1 is 1.13 bits per heavy atom. The number of nitrogens with zero attached hydrogens (tertiary/aromatic N) is 1. The van der Waals surface area contributed by atoms with E-state index in [1.807, 2.05) is 12.1 Å². The fraction of sp³-hybridized carbons (Fsp3) is 0.278. The summed E-state index contributed by atoms with van der Waals surface area (Å²) in [7, 11) is 0. The van der Waals surface area contributed by atoms with Crippen LogP contribution in [0.15, 0.2) is 42.5 Å². The summed E-state index contributed by atoms with van der Waals surface area (Å²) < 4.78 is 5.58. The number of hydrogen-bond acceptors (Lipinski definition) is 4. The molecule has 0 atom stereocenters. The van der Waals surface area contributed by atoms with Gasteiger partial charge in [-0.05, 0) is 37.1 Å². The van der Waals surface area contributed by atoms with Crippen molar-refractivity contribution < 1.29 is 19.7 Å². The van der Waals surface area contributed by atoms with Crippen molar-refractivity contribution in [2.45, 2.75) is 19.4 Å². The second kappa shape index (κ2) is 6.60. The van der Waals surface area contributed by atoms with Crippen molar-refractivity contribution in [1.82, 2.24) is 0 Å². The van der Waals surface area contributed by atoms with Gasteiger partial charge in [-0.1, -0.05) is 12.1 Å². The van der Waals surface area contributed by atoms with Crippen molar-refractivity contribution in [3.05, 3.63) is 53.6 Å². The quantitative estimate of drug-likeness (QED) is 0.886. The Morgan fingerprint density at radius 3 is 2.57 bits per heavy atom. The normalized spacial score (nSPS) is 14.0. The van der Waals surface area contributed by atoms with E-state index in [2.05, 4.69) is 4.90 Å². The van der Waals surface area contributed by atoms with Crippen LogP contribution in [0.5, 0.6) is 11.5 Å². The molecule has 23 heavy (non-hydrogen) atoms. The van der Waals surface area contributed by atoms with Gasteiger partial charge in [0.05, 0.1) is 0 Å². The highest BCUT2D eigenvalue weighted by molar-refractivity contribution is 5.90. The Balaban J connectivity index is 1.72. The molecule has 0 radical (unpaired) electrons. The molecule has 2 aromatic rings. The number of aromatic hydroxyl groups is 1. The zero-order chi connectivity index (χ0) is 16.2. The highest BCUT2D eigenvalue weighted by Gasteiger charge is 2.15. The molecule has 0 unspecified atom stereocenters. The number of ether oxygens (including phenoxy) is 1. The standard InChI is InChI=1S/C18H19NO4/c20-16-11-14(19-9-3-4-10-19)8-7-13(16)12-23-17-6-2-1-5-15(17)18(21)22/h1-2,5-8,11,20H,3-4,9-10,12H2,(H,21,22). The van der Waals surface area contributed by atoms with Gasteiger partial charge >= 0.3 is 5.97 Å². The molecule has 3 rings (SSSR count). The average Bonchev–Trinajstić information content (AvgIpc) is 3.08. The van der Waals surface area contributed by atoms with Crippen LogP contribution >= 0.6 is 0 Å². The van der Waals surface area contributed by atoms with Crippen molar-refractivity contribution in [1.29, 1.82) is 0 Å². The lowest BCUT2D eigenvalue weighted by Gasteiger charge is -2.18. The molecule has 0 saturated carbocycles. The predicted molar refractivity (Wildman–Crippen MR) is 87.3 cm³/mol. The molecule has 1 saturated heterocycles. The molecule has 5 heteroatoms. The van der Waals surface area contributed by atoms with Crippen molar-refractivity contribution >= 4 is 11.7 Å². The van der Waals surface area contributed by atoms with Crippen molar-refractivity contribution in [3.8, 4) is 11.5 Å². The van der Waals surface area contributed by atoms with Crippen molar-refractivity contribution in [2.24, 2.45) is 0 Å². The smallest absolute Gasteiger partial charge is 0.339 e. The number of benzene rings is 2. The molecule has 1 heterocycles. The Kier molecular flexibility index (Phi) is 4.37. The van der Waals surface area contributed by atoms with Crippen LogP contribution in [0, 0.1) is 0 Å². The summed E-state index contributed by atoms with van der Waals surface area (Å²) in [6.07, 6.45) is 2.36. The third-order valence-electron chi connectivity index (χ3n) is 4.04. The Hall–Kier alpha value is -2.69. The van der Waals surface area contributed by atoms with Crippen LogP contribution in [0.2, 0.25) is 0 Å². The van der Waals surface area contributed by atoms with Gasteiger partial charge in [-0.3, -0.25) is 0 Å². The van der Waals surface area contributed by atoms with Crippen LogP contribution in [0.25, 0.3) is 0 Å². The summed E-state index contributed by atoms with van der Waals surface area (Å²) >= 11 is 0. The van der Waals surface area contributed by atoms with Crippen molar-refractivity contribution in [2.75, 3.05) is 18.0 Å². The fourth-order valence-electron chi connectivity index (χ4n) is 2.77. The largest absolute Gasteiger partial charge is 0.507 e. The van der Waals surface area contributed by atoms with Crippen LogP contribution < -0.4 is 9.64 Å². The molecule has 0 amide bonds. The van der Waals surface area contributed by atoms with E-state index >= 15 is 0 Å². The Bertz CT molecular complexity index is 708. The van der Waals surface area contributed by atoms with Crippen LogP contribution in [0.3, 0.4) is 0 Å². The van der Waals surface area contributed by atoms with Crippen LogP contribution in [0.1, 0.15) is 28.8 Å².